The van der Waals surface area contributed by atoms with Gasteiger partial charge in [-0.25, -0.2) is 4.79 Å². The molecule has 0 fully saturated rings. The molecule has 0 spiro atoms. The van der Waals surface area contributed by atoms with Crippen LogP contribution < -0.4 is 15.2 Å². The molecule has 0 aliphatic rings. The molecule has 0 saturated heterocycles. The normalized spacial score (nSPS) is 13.3. The number of rotatable bonds is 15. The van der Waals surface area contributed by atoms with E-state index in [4.69, 9.17) is 29.4 Å². The summed E-state index contributed by atoms with van der Waals surface area (Å²) in [6.07, 6.45) is 0.0655. The fourth-order valence-electron chi connectivity index (χ4n) is 2.96. The molecule has 0 aliphatic carbocycles. The van der Waals surface area contributed by atoms with E-state index in [-0.39, 0.29) is 37.4 Å². The van der Waals surface area contributed by atoms with Crippen molar-refractivity contribution in [2.75, 3.05) is 6.61 Å². The Morgan fingerprint density at radius 1 is 0.838 bits per heavy atom. The first-order valence-electron chi connectivity index (χ1n) is 12.8. The van der Waals surface area contributed by atoms with Crippen LogP contribution in [0.2, 0.25) is 0 Å². The first-order valence-corrected chi connectivity index (χ1v) is 12.8. The van der Waals surface area contributed by atoms with E-state index >= 15 is 0 Å². The minimum absolute atomic E-state index is 0.0690. The highest BCUT2D eigenvalue weighted by Gasteiger charge is 2.25. The quantitative estimate of drug-likeness (QED) is 0.258. The van der Waals surface area contributed by atoms with Crippen LogP contribution in [0.25, 0.3) is 0 Å². The molecule has 0 heterocycles. The van der Waals surface area contributed by atoms with E-state index in [0.29, 0.717) is 30.7 Å². The van der Waals surface area contributed by atoms with Crippen LogP contribution in [0.15, 0.2) is 18.2 Å². The maximum absolute atomic E-state index is 12.6. The molecular formula is C27H41NO9. The summed E-state index contributed by atoms with van der Waals surface area (Å²) in [7, 11) is 0. The Bertz CT molecular complexity index is 900. The fraction of sp³-hybridized carbons (Fsp3) is 0.630. The number of ether oxygens (including phenoxy) is 5. The van der Waals surface area contributed by atoms with Gasteiger partial charge in [-0.1, -0.05) is 33.8 Å². The van der Waals surface area contributed by atoms with Crippen LogP contribution in [-0.4, -0.2) is 48.9 Å². The van der Waals surface area contributed by atoms with Crippen molar-refractivity contribution >= 4 is 24.1 Å². The minimum Gasteiger partial charge on any atom is -0.458 e. The van der Waals surface area contributed by atoms with Crippen molar-refractivity contribution in [1.82, 2.24) is 0 Å². The van der Waals surface area contributed by atoms with Gasteiger partial charge in [0.1, 0.15) is 18.2 Å². The summed E-state index contributed by atoms with van der Waals surface area (Å²) in [5.41, 5.74) is 6.62. The number of hydrogen-bond acceptors (Lipinski definition) is 10. The van der Waals surface area contributed by atoms with Crippen molar-refractivity contribution in [3.8, 4) is 11.5 Å². The number of benzene rings is 1. The molecule has 1 aromatic rings. The number of carbonyl (C=O) groups is 4. The Morgan fingerprint density at radius 3 is 1.97 bits per heavy atom. The molecule has 0 aliphatic heterocycles. The molecule has 0 saturated carbocycles. The van der Waals surface area contributed by atoms with Crippen LogP contribution in [0.5, 0.6) is 11.5 Å². The molecule has 37 heavy (non-hydrogen) atoms. The monoisotopic (exact) mass is 523 g/mol. The SMILES string of the molecule is CCCC(=O)Oc1ccc(C[C@H](N)C(=O)O[C@@H](C)[C@H](C)OC(=O)OCCC(C)C)cc1OC(=O)CCC. The zero-order valence-corrected chi connectivity index (χ0v) is 22.7. The Balaban J connectivity index is 2.77. The molecule has 208 valence electrons. The van der Waals surface area contributed by atoms with Crippen LogP contribution in [0.3, 0.4) is 0 Å². The predicted octanol–water partition coefficient (Wildman–Crippen LogP) is 4.49. The van der Waals surface area contributed by atoms with E-state index in [9.17, 15) is 19.2 Å². The van der Waals surface area contributed by atoms with Crippen LogP contribution in [0.1, 0.15) is 79.2 Å². The second kappa shape index (κ2) is 16.6. The zero-order valence-electron chi connectivity index (χ0n) is 22.7. The lowest BCUT2D eigenvalue weighted by Crippen LogP contribution is -2.39. The van der Waals surface area contributed by atoms with Crippen molar-refractivity contribution in [3.05, 3.63) is 23.8 Å². The van der Waals surface area contributed by atoms with E-state index < -0.39 is 42.3 Å². The maximum atomic E-state index is 12.6. The number of nitrogens with two attached hydrogens (primary N) is 1. The second-order valence-electron chi connectivity index (χ2n) is 9.29. The highest BCUT2D eigenvalue weighted by atomic mass is 16.7. The summed E-state index contributed by atoms with van der Waals surface area (Å²) in [6, 6.07) is 3.60. The van der Waals surface area contributed by atoms with E-state index in [1.54, 1.807) is 19.9 Å². The van der Waals surface area contributed by atoms with Gasteiger partial charge in [0, 0.05) is 12.8 Å². The summed E-state index contributed by atoms with van der Waals surface area (Å²) in [4.78, 5) is 48.4. The number of hydrogen-bond donors (Lipinski definition) is 1. The first kappa shape index (κ1) is 31.9. The lowest BCUT2D eigenvalue weighted by atomic mass is 10.1. The standard InChI is InChI=1S/C27H41NO9/c1-7-9-24(29)36-22-12-11-20(16-23(22)37-25(30)10-8-2)15-21(28)26(31)34-18(5)19(6)35-27(32)33-14-13-17(3)4/h11-12,16-19,21H,7-10,13-15,28H2,1-6H3/t18-,19-,21-/m0/s1. The summed E-state index contributed by atoms with van der Waals surface area (Å²) in [5, 5.41) is 0. The molecule has 10 heteroatoms. The van der Waals surface area contributed by atoms with Crippen molar-refractivity contribution in [2.24, 2.45) is 11.7 Å². The fourth-order valence-corrected chi connectivity index (χ4v) is 2.96. The van der Waals surface area contributed by atoms with Gasteiger partial charge in [0.05, 0.1) is 6.61 Å². The van der Waals surface area contributed by atoms with Gasteiger partial charge in [-0.3, -0.25) is 14.4 Å². The molecule has 1 aromatic carbocycles. The Kier molecular flexibility index (Phi) is 14.3. The summed E-state index contributed by atoms with van der Waals surface area (Å²) >= 11 is 0. The third-order valence-electron chi connectivity index (χ3n) is 5.28. The lowest BCUT2D eigenvalue weighted by molar-refractivity contribution is -0.155. The van der Waals surface area contributed by atoms with Gasteiger partial charge in [0.2, 0.25) is 0 Å². The summed E-state index contributed by atoms with van der Waals surface area (Å²) in [5.74, 6) is -1.04. The van der Waals surface area contributed by atoms with E-state index in [2.05, 4.69) is 0 Å². The van der Waals surface area contributed by atoms with Crippen LogP contribution in [-0.2, 0) is 35.0 Å². The molecule has 0 radical (unpaired) electrons. The van der Waals surface area contributed by atoms with Gasteiger partial charge in [0.25, 0.3) is 0 Å². The zero-order chi connectivity index (χ0) is 28.0. The Labute approximate surface area is 219 Å². The van der Waals surface area contributed by atoms with Gasteiger partial charge in [0.15, 0.2) is 11.5 Å². The number of esters is 3. The predicted molar refractivity (Wildman–Crippen MR) is 136 cm³/mol. The number of carbonyl (C=O) groups excluding carboxylic acids is 4. The Hall–Kier alpha value is -3.14. The van der Waals surface area contributed by atoms with Gasteiger partial charge in [-0.2, -0.15) is 0 Å². The molecule has 2 N–H and O–H groups in total. The molecule has 0 unspecified atom stereocenters. The highest BCUT2D eigenvalue weighted by Crippen LogP contribution is 2.30. The van der Waals surface area contributed by atoms with Gasteiger partial charge >= 0.3 is 24.1 Å². The van der Waals surface area contributed by atoms with Crippen molar-refractivity contribution in [2.45, 2.75) is 98.3 Å². The lowest BCUT2D eigenvalue weighted by Gasteiger charge is -2.22. The second-order valence-corrected chi connectivity index (χ2v) is 9.29. The van der Waals surface area contributed by atoms with Crippen LogP contribution in [0.4, 0.5) is 4.79 Å². The molecule has 0 aromatic heterocycles. The van der Waals surface area contributed by atoms with Crippen LogP contribution in [0, 0.1) is 5.92 Å². The van der Waals surface area contributed by atoms with Gasteiger partial charge in [-0.05, 0) is 63.1 Å². The van der Waals surface area contributed by atoms with E-state index in [1.807, 2.05) is 27.7 Å². The first-order chi connectivity index (χ1) is 17.5. The molecular weight excluding hydrogens is 482 g/mol. The molecule has 1 rings (SSSR count). The molecule has 0 amide bonds. The molecule has 10 nitrogen and oxygen atoms in total. The summed E-state index contributed by atoms with van der Waals surface area (Å²) < 4.78 is 26.3. The molecule has 3 atom stereocenters. The smallest absolute Gasteiger partial charge is 0.458 e. The van der Waals surface area contributed by atoms with Gasteiger partial charge < -0.3 is 29.4 Å². The van der Waals surface area contributed by atoms with Crippen molar-refractivity contribution < 1.29 is 42.9 Å². The third kappa shape index (κ3) is 12.6. The third-order valence-corrected chi connectivity index (χ3v) is 5.28. The highest BCUT2D eigenvalue weighted by molar-refractivity contribution is 5.77. The topological polar surface area (TPSA) is 140 Å². The maximum Gasteiger partial charge on any atom is 0.508 e. The Morgan fingerprint density at radius 2 is 1.41 bits per heavy atom. The van der Waals surface area contributed by atoms with Crippen molar-refractivity contribution in [1.29, 1.82) is 0 Å². The van der Waals surface area contributed by atoms with Gasteiger partial charge in [-0.15, -0.1) is 0 Å². The van der Waals surface area contributed by atoms with Crippen LogP contribution >= 0.6 is 0 Å². The minimum atomic E-state index is -1.04. The van der Waals surface area contributed by atoms with E-state index in [1.165, 1.54) is 12.1 Å². The molecule has 0 bridgehead atoms. The average Bonchev–Trinajstić information content (AvgIpc) is 2.80. The summed E-state index contributed by atoms with van der Waals surface area (Å²) in [6.45, 7) is 11.1. The largest absolute Gasteiger partial charge is 0.508 e. The van der Waals surface area contributed by atoms with E-state index in [0.717, 1.165) is 0 Å². The average molecular weight is 524 g/mol. The van der Waals surface area contributed by atoms with Crippen molar-refractivity contribution in [3.63, 3.8) is 0 Å².